The van der Waals surface area contributed by atoms with Crippen LogP contribution in [0.25, 0.3) is 0 Å². The van der Waals surface area contributed by atoms with E-state index in [-0.39, 0.29) is 30.0 Å². The fourth-order valence-corrected chi connectivity index (χ4v) is 4.39. The number of benzene rings is 1. The first-order valence-corrected chi connectivity index (χ1v) is 9.23. The van der Waals surface area contributed by atoms with Gasteiger partial charge in [0.15, 0.2) is 0 Å². The molecule has 0 saturated carbocycles. The van der Waals surface area contributed by atoms with Crippen molar-refractivity contribution in [3.63, 3.8) is 0 Å². The molecule has 1 fully saturated rings. The van der Waals surface area contributed by atoms with Crippen molar-refractivity contribution in [2.45, 2.75) is 24.6 Å². The highest BCUT2D eigenvalue weighted by Gasteiger charge is 2.38. The fourth-order valence-electron chi connectivity index (χ4n) is 4.39. The van der Waals surface area contributed by atoms with Gasteiger partial charge in [0, 0.05) is 37.3 Å². The highest BCUT2D eigenvalue weighted by molar-refractivity contribution is 5.95. The van der Waals surface area contributed by atoms with Crippen molar-refractivity contribution in [1.82, 2.24) is 15.2 Å². The standard InChI is InChI=1S/C20H20F3N3O2/c21-20(22,23)15-5-2-1-4-14(15)19(28)25-11-17-13-8-12(9-24-10-13)16-6-3-7-18(27)26(16)17/h1-7,12-13,17,24H,8-11H2,(H,25,28)/t12-,13+,17+/m1/s1. The number of carbonyl (C=O) groups is 1. The first kappa shape index (κ1) is 18.7. The molecule has 0 radical (unpaired) electrons. The number of carbonyl (C=O) groups excluding carboxylic acids is 1. The van der Waals surface area contributed by atoms with Gasteiger partial charge in [0.2, 0.25) is 0 Å². The summed E-state index contributed by atoms with van der Waals surface area (Å²) in [5, 5.41) is 5.97. The van der Waals surface area contributed by atoms with E-state index in [1.807, 2.05) is 6.07 Å². The van der Waals surface area contributed by atoms with E-state index in [2.05, 4.69) is 10.6 Å². The molecular formula is C20H20F3N3O2. The number of halogens is 3. The van der Waals surface area contributed by atoms with Crippen LogP contribution in [0.3, 0.4) is 0 Å². The zero-order valence-electron chi connectivity index (χ0n) is 15.0. The first-order chi connectivity index (χ1) is 13.4. The molecule has 28 heavy (non-hydrogen) atoms. The van der Waals surface area contributed by atoms with Crippen molar-refractivity contribution in [3.05, 3.63) is 69.6 Å². The number of hydrogen-bond acceptors (Lipinski definition) is 3. The molecule has 0 aliphatic carbocycles. The van der Waals surface area contributed by atoms with E-state index in [1.165, 1.54) is 18.2 Å². The van der Waals surface area contributed by atoms with Gasteiger partial charge >= 0.3 is 6.18 Å². The van der Waals surface area contributed by atoms with Crippen LogP contribution in [0.1, 0.15) is 40.0 Å². The summed E-state index contributed by atoms with van der Waals surface area (Å²) < 4.78 is 41.3. The van der Waals surface area contributed by atoms with Gasteiger partial charge in [-0.2, -0.15) is 13.2 Å². The summed E-state index contributed by atoms with van der Waals surface area (Å²) in [4.78, 5) is 25.0. The number of pyridine rings is 1. The summed E-state index contributed by atoms with van der Waals surface area (Å²) in [6.45, 7) is 1.59. The second kappa shape index (κ2) is 7.09. The molecule has 3 heterocycles. The molecule has 1 amide bonds. The summed E-state index contributed by atoms with van der Waals surface area (Å²) >= 11 is 0. The lowest BCUT2D eigenvalue weighted by molar-refractivity contribution is -0.137. The molecule has 2 aliphatic heterocycles. The average molecular weight is 391 g/mol. The van der Waals surface area contributed by atoms with Gasteiger partial charge in [0.1, 0.15) is 0 Å². The van der Waals surface area contributed by atoms with Gasteiger partial charge < -0.3 is 15.2 Å². The van der Waals surface area contributed by atoms with Crippen LogP contribution in [-0.4, -0.2) is 30.1 Å². The number of rotatable bonds is 3. The molecule has 0 unspecified atom stereocenters. The minimum Gasteiger partial charge on any atom is -0.350 e. The number of amides is 1. The summed E-state index contributed by atoms with van der Waals surface area (Å²) in [5.41, 5.74) is -0.617. The van der Waals surface area contributed by atoms with Gasteiger partial charge in [-0.05, 0) is 30.5 Å². The van der Waals surface area contributed by atoms with Gasteiger partial charge in [-0.1, -0.05) is 18.2 Å². The smallest absolute Gasteiger partial charge is 0.350 e. The van der Waals surface area contributed by atoms with Crippen LogP contribution in [-0.2, 0) is 6.18 Å². The van der Waals surface area contributed by atoms with Crippen LogP contribution in [0, 0.1) is 5.92 Å². The molecule has 2 aromatic rings. The van der Waals surface area contributed by atoms with E-state index in [9.17, 15) is 22.8 Å². The number of nitrogens with one attached hydrogen (secondary N) is 2. The predicted molar refractivity (Wildman–Crippen MR) is 97.2 cm³/mol. The third kappa shape index (κ3) is 3.32. The Morgan fingerprint density at radius 1 is 1.14 bits per heavy atom. The summed E-state index contributed by atoms with van der Waals surface area (Å²) in [7, 11) is 0. The van der Waals surface area contributed by atoms with E-state index < -0.39 is 23.2 Å². The second-order valence-corrected chi connectivity index (χ2v) is 7.33. The quantitative estimate of drug-likeness (QED) is 0.845. The van der Waals surface area contributed by atoms with Gasteiger partial charge in [-0.15, -0.1) is 0 Å². The number of aromatic nitrogens is 1. The summed E-state index contributed by atoms with van der Waals surface area (Å²) in [5.74, 6) is -0.431. The molecule has 4 rings (SSSR count). The Labute approximate surface area is 159 Å². The van der Waals surface area contributed by atoms with E-state index in [0.29, 0.717) is 6.54 Å². The van der Waals surface area contributed by atoms with E-state index in [0.717, 1.165) is 30.8 Å². The zero-order valence-corrected chi connectivity index (χ0v) is 15.0. The number of hydrogen-bond donors (Lipinski definition) is 2. The molecule has 2 N–H and O–H groups in total. The maximum absolute atomic E-state index is 13.2. The first-order valence-electron chi connectivity index (χ1n) is 9.23. The van der Waals surface area contributed by atoms with Gasteiger partial charge in [0.25, 0.3) is 11.5 Å². The number of fused-ring (bicyclic) bond motifs is 4. The molecule has 1 saturated heterocycles. The fraction of sp³-hybridized carbons (Fsp3) is 0.400. The number of alkyl halides is 3. The Morgan fingerprint density at radius 3 is 2.71 bits per heavy atom. The highest BCUT2D eigenvalue weighted by Crippen LogP contribution is 2.38. The Kier molecular flexibility index (Phi) is 4.74. The van der Waals surface area contributed by atoms with Crippen LogP contribution in [0.4, 0.5) is 13.2 Å². The lowest BCUT2D eigenvalue weighted by atomic mass is 9.79. The largest absolute Gasteiger partial charge is 0.417 e. The molecule has 0 spiro atoms. The molecule has 2 aliphatic rings. The minimum atomic E-state index is -4.61. The van der Waals surface area contributed by atoms with Crippen molar-refractivity contribution < 1.29 is 18.0 Å². The Morgan fingerprint density at radius 2 is 1.93 bits per heavy atom. The monoisotopic (exact) mass is 391 g/mol. The van der Waals surface area contributed by atoms with Crippen molar-refractivity contribution in [2.75, 3.05) is 19.6 Å². The lowest BCUT2D eigenvalue weighted by Crippen LogP contribution is -2.50. The predicted octanol–water partition coefficient (Wildman–Crippen LogP) is 2.54. The molecule has 1 aromatic heterocycles. The maximum atomic E-state index is 13.2. The Hall–Kier alpha value is -2.61. The van der Waals surface area contributed by atoms with Crippen LogP contribution >= 0.6 is 0 Å². The lowest BCUT2D eigenvalue weighted by Gasteiger charge is -2.43. The third-order valence-electron chi connectivity index (χ3n) is 5.65. The molecule has 1 aromatic carbocycles. The van der Waals surface area contributed by atoms with Crippen LogP contribution < -0.4 is 16.2 Å². The topological polar surface area (TPSA) is 63.1 Å². The normalized spacial score (nSPS) is 23.8. The summed E-state index contributed by atoms with van der Waals surface area (Å²) in [6, 6.07) is 9.52. The van der Waals surface area contributed by atoms with E-state index >= 15 is 0 Å². The van der Waals surface area contributed by atoms with E-state index in [1.54, 1.807) is 10.6 Å². The second-order valence-electron chi connectivity index (χ2n) is 7.33. The Balaban J connectivity index is 1.60. The Bertz CT molecular complexity index is 954. The minimum absolute atomic E-state index is 0.0982. The summed E-state index contributed by atoms with van der Waals surface area (Å²) in [6.07, 6.45) is -3.72. The van der Waals surface area contributed by atoms with Crippen molar-refractivity contribution in [2.24, 2.45) is 5.92 Å². The SMILES string of the molecule is O=C(NC[C@H]1[C@@H]2CNC[C@@H](C2)c2cccc(=O)n21)c1ccccc1C(F)(F)F. The van der Waals surface area contributed by atoms with Crippen LogP contribution in [0.15, 0.2) is 47.3 Å². The molecule has 5 nitrogen and oxygen atoms in total. The number of nitrogens with zero attached hydrogens (tertiary/aromatic N) is 1. The molecule has 3 atom stereocenters. The van der Waals surface area contributed by atoms with Crippen molar-refractivity contribution in [3.8, 4) is 0 Å². The van der Waals surface area contributed by atoms with E-state index in [4.69, 9.17) is 0 Å². The van der Waals surface area contributed by atoms with Gasteiger partial charge in [-0.3, -0.25) is 9.59 Å². The van der Waals surface area contributed by atoms with Gasteiger partial charge in [-0.25, -0.2) is 0 Å². The molecule has 148 valence electrons. The molecular weight excluding hydrogens is 371 g/mol. The van der Waals surface area contributed by atoms with Gasteiger partial charge in [0.05, 0.1) is 17.2 Å². The average Bonchev–Trinajstić information content (AvgIpc) is 2.68. The number of piperidine rings is 1. The van der Waals surface area contributed by atoms with Crippen molar-refractivity contribution in [1.29, 1.82) is 0 Å². The van der Waals surface area contributed by atoms with Crippen molar-refractivity contribution >= 4 is 5.91 Å². The van der Waals surface area contributed by atoms with Crippen LogP contribution in [0.2, 0.25) is 0 Å². The third-order valence-corrected chi connectivity index (χ3v) is 5.65. The van der Waals surface area contributed by atoms with Crippen LogP contribution in [0.5, 0.6) is 0 Å². The molecule has 2 bridgehead atoms. The zero-order chi connectivity index (χ0) is 19.9. The molecule has 8 heteroatoms. The highest BCUT2D eigenvalue weighted by atomic mass is 19.4. The maximum Gasteiger partial charge on any atom is 0.417 e.